The van der Waals surface area contributed by atoms with Gasteiger partial charge in [-0.15, -0.1) is 0 Å². The summed E-state index contributed by atoms with van der Waals surface area (Å²) < 4.78 is 0. The van der Waals surface area contributed by atoms with Gasteiger partial charge in [0.05, 0.1) is 19.2 Å². The monoisotopic (exact) mass is 124 g/mol. The number of nitrogens with zero attached hydrogens (tertiary/aromatic N) is 2. The highest BCUT2D eigenvalue weighted by atomic mass is 16.1. The van der Waals surface area contributed by atoms with Crippen molar-refractivity contribution in [3.8, 4) is 6.07 Å². The summed E-state index contributed by atoms with van der Waals surface area (Å²) in [6, 6.07) is 2.03. The third-order valence-electron chi connectivity index (χ3n) is 1.34. The lowest BCUT2D eigenvalue weighted by molar-refractivity contribution is -0.128. The van der Waals surface area contributed by atoms with Gasteiger partial charge in [0.15, 0.2) is 5.78 Å². The van der Waals surface area contributed by atoms with Gasteiger partial charge in [0, 0.05) is 13.0 Å². The van der Waals surface area contributed by atoms with Crippen molar-refractivity contribution < 1.29 is 4.79 Å². The van der Waals surface area contributed by atoms with Crippen molar-refractivity contribution in [2.24, 2.45) is 0 Å². The molecule has 0 aromatic rings. The number of rotatable bonds is 2. The summed E-state index contributed by atoms with van der Waals surface area (Å²) >= 11 is 0. The molecule has 0 radical (unpaired) electrons. The van der Waals surface area contributed by atoms with Crippen molar-refractivity contribution >= 4 is 5.78 Å². The number of ketones is 1. The van der Waals surface area contributed by atoms with Crippen LogP contribution in [0.5, 0.6) is 0 Å². The van der Waals surface area contributed by atoms with Crippen LogP contribution in [0.3, 0.4) is 0 Å². The summed E-state index contributed by atoms with van der Waals surface area (Å²) in [7, 11) is 0. The van der Waals surface area contributed by atoms with Gasteiger partial charge >= 0.3 is 0 Å². The van der Waals surface area contributed by atoms with E-state index in [1.165, 1.54) is 0 Å². The van der Waals surface area contributed by atoms with Crippen molar-refractivity contribution in [2.45, 2.75) is 6.42 Å². The molecule has 48 valence electrons. The molecule has 0 bridgehead atoms. The first-order chi connectivity index (χ1) is 4.33. The lowest BCUT2D eigenvalue weighted by Gasteiger charge is -2.27. The lowest BCUT2D eigenvalue weighted by Crippen LogP contribution is -2.47. The van der Waals surface area contributed by atoms with Crippen molar-refractivity contribution in [1.29, 1.82) is 5.26 Å². The first kappa shape index (κ1) is 6.24. The first-order valence-corrected chi connectivity index (χ1v) is 2.94. The van der Waals surface area contributed by atoms with E-state index in [9.17, 15) is 4.79 Å². The fraction of sp³-hybridized carbons (Fsp3) is 0.667. The normalized spacial score (nSPS) is 18.8. The second-order valence-corrected chi connectivity index (χ2v) is 2.16. The summed E-state index contributed by atoms with van der Waals surface area (Å²) in [5.74, 6) is 0.285. The fourth-order valence-corrected chi connectivity index (χ4v) is 0.819. The maximum atomic E-state index is 10.3. The number of nitriles is 1. The molecule has 0 amide bonds. The standard InChI is InChI=1S/C6H8N2O/c7-2-1-3-8-4-6(9)5-8/h1,3-5H2. The maximum absolute atomic E-state index is 10.3. The number of likely N-dealkylation sites (tertiary alicyclic amines) is 1. The Labute approximate surface area is 53.9 Å². The van der Waals surface area contributed by atoms with Crippen LogP contribution >= 0.6 is 0 Å². The molecule has 0 atom stereocenters. The van der Waals surface area contributed by atoms with Gasteiger partial charge in [-0.25, -0.2) is 0 Å². The van der Waals surface area contributed by atoms with Crippen LogP contribution in [0.15, 0.2) is 0 Å². The zero-order valence-corrected chi connectivity index (χ0v) is 5.13. The van der Waals surface area contributed by atoms with Gasteiger partial charge in [0.25, 0.3) is 0 Å². The van der Waals surface area contributed by atoms with Gasteiger partial charge in [-0.05, 0) is 0 Å². The molecular formula is C6H8N2O. The van der Waals surface area contributed by atoms with Crippen LogP contribution in [-0.4, -0.2) is 30.3 Å². The molecule has 1 rings (SSSR count). The van der Waals surface area contributed by atoms with E-state index in [-0.39, 0.29) is 5.78 Å². The Hall–Kier alpha value is -0.880. The minimum absolute atomic E-state index is 0.285. The summed E-state index contributed by atoms with van der Waals surface area (Å²) in [5.41, 5.74) is 0. The van der Waals surface area contributed by atoms with Crippen LogP contribution in [0.4, 0.5) is 0 Å². The first-order valence-electron chi connectivity index (χ1n) is 2.94. The van der Waals surface area contributed by atoms with Crippen LogP contribution in [0.1, 0.15) is 6.42 Å². The van der Waals surface area contributed by atoms with Gasteiger partial charge < -0.3 is 0 Å². The number of hydrogen-bond donors (Lipinski definition) is 0. The zero-order valence-electron chi connectivity index (χ0n) is 5.13. The van der Waals surface area contributed by atoms with E-state index >= 15 is 0 Å². The number of hydrogen-bond acceptors (Lipinski definition) is 3. The summed E-state index contributed by atoms with van der Waals surface area (Å²) in [5, 5.41) is 8.14. The molecule has 0 N–H and O–H groups in total. The van der Waals surface area contributed by atoms with Gasteiger partial charge in [0.1, 0.15) is 0 Å². The van der Waals surface area contributed by atoms with Gasteiger partial charge in [-0.2, -0.15) is 5.26 Å². The molecule has 0 saturated carbocycles. The molecule has 1 aliphatic rings. The molecular weight excluding hydrogens is 116 g/mol. The van der Waals surface area contributed by atoms with Crippen molar-refractivity contribution in [1.82, 2.24) is 4.90 Å². The quantitative estimate of drug-likeness (QED) is 0.511. The average Bonchev–Trinajstić information content (AvgIpc) is 1.78. The average molecular weight is 124 g/mol. The molecule has 0 spiro atoms. The van der Waals surface area contributed by atoms with Crippen LogP contribution in [0.2, 0.25) is 0 Å². The van der Waals surface area contributed by atoms with Crippen LogP contribution in [0, 0.1) is 11.3 Å². The minimum atomic E-state index is 0.285. The Morgan fingerprint density at radius 3 is 2.78 bits per heavy atom. The smallest absolute Gasteiger partial charge is 0.160 e. The fourth-order valence-electron chi connectivity index (χ4n) is 0.819. The highest BCUT2D eigenvalue weighted by Gasteiger charge is 2.21. The molecule has 1 aliphatic heterocycles. The largest absolute Gasteiger partial charge is 0.297 e. The predicted molar refractivity (Wildman–Crippen MR) is 31.7 cm³/mol. The van der Waals surface area contributed by atoms with E-state index in [4.69, 9.17) is 5.26 Å². The third-order valence-corrected chi connectivity index (χ3v) is 1.34. The van der Waals surface area contributed by atoms with E-state index in [1.54, 1.807) is 0 Å². The third kappa shape index (κ3) is 1.51. The number of Topliss-reactive ketones (excluding diaryl/α,β-unsaturated/α-hetero) is 1. The Morgan fingerprint density at radius 1 is 1.67 bits per heavy atom. The molecule has 3 nitrogen and oxygen atoms in total. The SMILES string of the molecule is N#CCCN1CC(=O)C1. The van der Waals surface area contributed by atoms with E-state index in [0.717, 1.165) is 6.54 Å². The number of carbonyl (C=O) groups is 1. The van der Waals surface area contributed by atoms with E-state index in [2.05, 4.69) is 0 Å². The molecule has 9 heavy (non-hydrogen) atoms. The Morgan fingerprint density at radius 2 is 2.33 bits per heavy atom. The predicted octanol–water partition coefficient (Wildman–Crippen LogP) is -0.215. The second-order valence-electron chi connectivity index (χ2n) is 2.16. The number of carbonyl (C=O) groups excluding carboxylic acids is 1. The maximum Gasteiger partial charge on any atom is 0.160 e. The van der Waals surface area contributed by atoms with E-state index in [1.807, 2.05) is 11.0 Å². The summed E-state index contributed by atoms with van der Waals surface area (Å²) in [6.07, 6.45) is 0.535. The minimum Gasteiger partial charge on any atom is -0.297 e. The molecule has 1 fully saturated rings. The molecule has 1 saturated heterocycles. The highest BCUT2D eigenvalue weighted by Crippen LogP contribution is 2.01. The molecule has 0 aromatic heterocycles. The lowest BCUT2D eigenvalue weighted by atomic mass is 10.2. The van der Waals surface area contributed by atoms with Crippen molar-refractivity contribution in [2.75, 3.05) is 19.6 Å². The van der Waals surface area contributed by atoms with Gasteiger partial charge in [-0.3, -0.25) is 9.69 Å². The molecule has 0 unspecified atom stereocenters. The van der Waals surface area contributed by atoms with E-state index < -0.39 is 0 Å². The Bertz CT molecular complexity index is 151. The van der Waals surface area contributed by atoms with Crippen LogP contribution in [-0.2, 0) is 4.79 Å². The summed E-state index contributed by atoms with van der Waals surface area (Å²) in [4.78, 5) is 12.3. The molecule has 3 heteroatoms. The van der Waals surface area contributed by atoms with Crippen LogP contribution < -0.4 is 0 Å². The second kappa shape index (κ2) is 2.60. The topological polar surface area (TPSA) is 44.1 Å². The van der Waals surface area contributed by atoms with Crippen molar-refractivity contribution in [3.05, 3.63) is 0 Å². The van der Waals surface area contributed by atoms with Crippen LogP contribution in [0.25, 0.3) is 0 Å². The van der Waals surface area contributed by atoms with Crippen molar-refractivity contribution in [3.63, 3.8) is 0 Å². The Kier molecular flexibility index (Phi) is 1.81. The zero-order chi connectivity index (χ0) is 6.69. The molecule has 0 aromatic carbocycles. The Balaban J connectivity index is 2.05. The van der Waals surface area contributed by atoms with Gasteiger partial charge in [0.2, 0.25) is 0 Å². The molecule has 1 heterocycles. The van der Waals surface area contributed by atoms with E-state index in [0.29, 0.717) is 19.5 Å². The summed E-state index contributed by atoms with van der Waals surface area (Å²) in [6.45, 7) is 1.87. The highest BCUT2D eigenvalue weighted by molar-refractivity contribution is 5.87. The van der Waals surface area contributed by atoms with Gasteiger partial charge in [-0.1, -0.05) is 0 Å². The molecule has 0 aliphatic carbocycles.